The van der Waals surface area contributed by atoms with Crippen molar-refractivity contribution in [1.29, 1.82) is 0 Å². The third kappa shape index (κ3) is 13.3. The molecule has 5 aliphatic carbocycles. The summed E-state index contributed by atoms with van der Waals surface area (Å²) in [5, 5.41) is 168. The lowest BCUT2D eigenvalue weighted by atomic mass is 9.33. The van der Waals surface area contributed by atoms with E-state index in [-0.39, 0.29) is 56.0 Å². The van der Waals surface area contributed by atoms with Gasteiger partial charge in [-0.2, -0.15) is 0 Å². The highest BCUT2D eigenvalue weighted by molar-refractivity contribution is 5.87. The lowest BCUT2D eigenvalue weighted by Crippen LogP contribution is -2.71. The largest absolute Gasteiger partial charge is 0.493 e. The van der Waals surface area contributed by atoms with Gasteiger partial charge in [0.1, 0.15) is 85.0 Å². The molecule has 5 heterocycles. The topological polar surface area (TPSA) is 484 Å². The van der Waals surface area contributed by atoms with E-state index in [1.807, 2.05) is 6.92 Å². The van der Waals surface area contributed by atoms with Crippen molar-refractivity contribution >= 4 is 24.0 Å². The third-order valence-electron chi connectivity index (χ3n) is 25.1. The number of hydrogen-bond acceptors (Lipinski definition) is 31. The van der Waals surface area contributed by atoms with Crippen molar-refractivity contribution in [2.45, 2.75) is 253 Å². The molecule has 4 saturated carbocycles. The SMILES string of the molecule is COc1cc(/C=C/C(=O)O[C@@H]2[C@H](O)[C@@H](O[C@@H]3O[C@@H](C)[C@H](O[C@@H]4OC[C@@H](O)[C@H](O)[C@H]4O)[C@@H](O[C@@H]4OC[C@](O)(CO)[C@H]4O)[C@H]3O)[C@H](OC(=O)C34CCC(C)(C)CC3C3=CCC5C6(C)CC(O)C(O[C@@H]7O[C@H](CO)[C@@H](O)[C@H](O)[C@H]7O)C(C)(C(=O)O)C6CCC5(C)C3(CO)CC4)O[C@@H]2C)cc(OC)c1OC. The van der Waals surface area contributed by atoms with E-state index >= 15 is 4.79 Å². The maximum atomic E-state index is 16.1. The average Bonchev–Trinajstić information content (AvgIpc) is 0.708. The van der Waals surface area contributed by atoms with Gasteiger partial charge < -0.3 is 143 Å². The molecule has 1 aromatic carbocycles. The van der Waals surface area contributed by atoms with Gasteiger partial charge in [0.05, 0.1) is 83.5 Å². The lowest BCUT2D eigenvalue weighted by Gasteiger charge is -2.71. The van der Waals surface area contributed by atoms with Crippen molar-refractivity contribution in [3.05, 3.63) is 35.4 Å². The summed E-state index contributed by atoms with van der Waals surface area (Å²) < 4.78 is 83.7. The highest BCUT2D eigenvalue weighted by Gasteiger charge is 2.74. The molecule has 10 aliphatic rings. The zero-order valence-electron chi connectivity index (χ0n) is 58.9. The van der Waals surface area contributed by atoms with Crippen molar-refractivity contribution in [3.8, 4) is 17.2 Å². The molecule has 32 heteroatoms. The number of carbonyl (C=O) groups excluding carboxylic acids is 2. The molecule has 9 fully saturated rings. The Labute approximate surface area is 589 Å². The number of rotatable bonds is 20. The summed E-state index contributed by atoms with van der Waals surface area (Å²) in [5.74, 6) is -4.00. The number of aliphatic hydroxyl groups is 14. The smallest absolute Gasteiger partial charge is 0.331 e. The van der Waals surface area contributed by atoms with Gasteiger partial charge in [-0.3, -0.25) is 9.59 Å². The van der Waals surface area contributed by atoms with Gasteiger partial charge in [-0.1, -0.05) is 39.3 Å². The van der Waals surface area contributed by atoms with Crippen LogP contribution in [0, 0.1) is 50.2 Å². The van der Waals surface area contributed by atoms with Gasteiger partial charge in [-0.25, -0.2) is 4.79 Å². The molecule has 0 bridgehead atoms. The second-order valence-corrected chi connectivity index (χ2v) is 31.3. The number of methoxy groups -OCH3 is 3. The summed E-state index contributed by atoms with van der Waals surface area (Å²) in [5.41, 5.74) is -7.50. The lowest BCUT2D eigenvalue weighted by molar-refractivity contribution is -0.384. The quantitative estimate of drug-likeness (QED) is 0.0303. The number of carbonyl (C=O) groups is 3. The molecule has 0 radical (unpaired) electrons. The monoisotopic (exact) mass is 1460 g/mol. The number of fused-ring (bicyclic) bond motifs is 7. The Morgan fingerprint density at radius 1 is 0.608 bits per heavy atom. The molecule has 0 amide bonds. The minimum atomic E-state index is -2.25. The standard InChI is InChI=1S/C70H104O32/c1-30-50(97-42(76)14-11-32-21-37(89-8)52(91-10)38(22-32)90-9)48(82)54(100-59-49(83)53(99-61-55(84)70(88,28-73)29-93-61)51(31(2)94-59)98-57-46(80)43(77)36(75)26-92-57)60(95-30)102-63(87)68-18-17-64(3,4)23-34(68)33-12-13-40-65(5)24-35(74)56(101-58-47(81)45(79)44(78)39(25-71)96-58)67(7,62(85)86)41(65)15-16-66(40,6)69(33,27-72)20-19-68/h11-12,14,21-22,30-31,34-36,39-41,43-51,53-61,71-75,77-84,88H,13,15-20,23-29H2,1-10H3,(H,85,86)/b14-11+/t30-,31+,34?,35?,36-,39-,40?,41?,43+,44-,45+,46-,47-,48+,49-,50+,51+,53+,54-,55+,56?,57+,58+,59+,60+,61+,65?,66?,67?,68?,69?,70-/m1/s1. The van der Waals surface area contributed by atoms with Crippen molar-refractivity contribution in [3.63, 3.8) is 0 Å². The molecule has 0 spiro atoms. The van der Waals surface area contributed by atoms with Crippen LogP contribution < -0.4 is 14.2 Å². The predicted octanol–water partition coefficient (Wildman–Crippen LogP) is -1.58. The van der Waals surface area contributed by atoms with E-state index in [9.17, 15) is 86.2 Å². The Bertz CT molecular complexity index is 3200. The minimum Gasteiger partial charge on any atom is -0.493 e. The number of ether oxygens (including phenoxy) is 14. The van der Waals surface area contributed by atoms with Crippen LogP contribution in [0.3, 0.4) is 0 Å². The van der Waals surface area contributed by atoms with E-state index in [4.69, 9.17) is 66.3 Å². The molecule has 10 unspecified atom stereocenters. The van der Waals surface area contributed by atoms with E-state index in [2.05, 4.69) is 26.8 Å². The van der Waals surface area contributed by atoms with E-state index in [1.54, 1.807) is 12.1 Å². The Hall–Kier alpha value is -4.41. The Balaban J connectivity index is 0.913. The first-order valence-corrected chi connectivity index (χ1v) is 35.0. The normalized spacial score (nSPS) is 47.7. The molecule has 5 saturated heterocycles. The molecule has 5 aliphatic heterocycles. The van der Waals surface area contributed by atoms with Crippen LogP contribution in [0.4, 0.5) is 0 Å². The van der Waals surface area contributed by atoms with E-state index < -0.39 is 242 Å². The van der Waals surface area contributed by atoms with Gasteiger partial charge in [0.25, 0.3) is 0 Å². The van der Waals surface area contributed by atoms with Gasteiger partial charge in [0.2, 0.25) is 12.0 Å². The third-order valence-corrected chi connectivity index (χ3v) is 25.1. The van der Waals surface area contributed by atoms with Crippen LogP contribution in [-0.2, 0) is 66.5 Å². The summed E-state index contributed by atoms with van der Waals surface area (Å²) in [6, 6.07) is 3.13. The zero-order chi connectivity index (χ0) is 74.5. The van der Waals surface area contributed by atoms with Crippen molar-refractivity contribution in [2.24, 2.45) is 50.2 Å². The van der Waals surface area contributed by atoms with Crippen LogP contribution >= 0.6 is 0 Å². The van der Waals surface area contributed by atoms with Gasteiger partial charge in [0, 0.05) is 11.5 Å². The molecule has 102 heavy (non-hydrogen) atoms. The van der Waals surface area contributed by atoms with Gasteiger partial charge in [-0.05, 0) is 136 Å². The highest BCUT2D eigenvalue weighted by atomic mass is 16.8. The summed E-state index contributed by atoms with van der Waals surface area (Å²) >= 11 is 0. The molecule has 576 valence electrons. The Morgan fingerprint density at radius 2 is 1.24 bits per heavy atom. The molecule has 1 aromatic rings. The second kappa shape index (κ2) is 29.6. The van der Waals surface area contributed by atoms with Gasteiger partial charge in [0.15, 0.2) is 48.9 Å². The van der Waals surface area contributed by atoms with E-state index in [1.165, 1.54) is 48.2 Å². The fraction of sp³-hybridized carbons (Fsp3) is 0.814. The molecule has 15 N–H and O–H groups in total. The van der Waals surface area contributed by atoms with Crippen molar-refractivity contribution < 1.29 is 157 Å². The minimum absolute atomic E-state index is 0.00577. The molecule has 0 aromatic heterocycles. The van der Waals surface area contributed by atoms with Gasteiger partial charge in [-0.15, -0.1) is 0 Å². The van der Waals surface area contributed by atoms with Crippen LogP contribution in [0.2, 0.25) is 0 Å². The van der Waals surface area contributed by atoms with Crippen LogP contribution in [0.15, 0.2) is 29.9 Å². The molecular weight excluding hydrogens is 1350 g/mol. The van der Waals surface area contributed by atoms with E-state index in [0.29, 0.717) is 31.2 Å². The fourth-order valence-corrected chi connectivity index (χ4v) is 19.2. The van der Waals surface area contributed by atoms with Crippen LogP contribution in [-0.4, -0.2) is 296 Å². The fourth-order valence-electron chi connectivity index (χ4n) is 19.2. The molecule has 11 rings (SSSR count). The predicted molar refractivity (Wildman–Crippen MR) is 344 cm³/mol. The average molecular weight is 1460 g/mol. The highest BCUT2D eigenvalue weighted by Crippen LogP contribution is 2.76. The number of benzene rings is 1. The Kier molecular flexibility index (Phi) is 22.8. The van der Waals surface area contributed by atoms with Crippen molar-refractivity contribution in [2.75, 3.05) is 54.4 Å². The first-order valence-electron chi connectivity index (χ1n) is 35.0. The van der Waals surface area contributed by atoms with Crippen LogP contribution in [0.25, 0.3) is 6.08 Å². The number of esters is 2. The van der Waals surface area contributed by atoms with E-state index in [0.717, 1.165) is 11.6 Å². The Morgan fingerprint density at radius 3 is 1.86 bits per heavy atom. The zero-order valence-corrected chi connectivity index (χ0v) is 58.9. The second-order valence-electron chi connectivity index (χ2n) is 31.3. The first kappa shape index (κ1) is 78.7. The maximum Gasteiger partial charge on any atom is 0.331 e. The number of carboxylic acid groups (broad SMARTS) is 1. The number of aliphatic carboxylic acids is 1. The number of aliphatic hydroxyl groups excluding tert-OH is 13. The summed E-state index contributed by atoms with van der Waals surface area (Å²) in [7, 11) is 4.25. The van der Waals surface area contributed by atoms with Gasteiger partial charge >= 0.3 is 17.9 Å². The summed E-state index contributed by atoms with van der Waals surface area (Å²) in [4.78, 5) is 44.0. The summed E-state index contributed by atoms with van der Waals surface area (Å²) in [6.07, 6.45) is -32.8. The molecule has 32 atom stereocenters. The van der Waals surface area contributed by atoms with Crippen LogP contribution in [0.1, 0.15) is 112 Å². The summed E-state index contributed by atoms with van der Waals surface area (Å²) in [6.45, 7) is 9.25. The number of carboxylic acids is 1. The molecule has 32 nitrogen and oxygen atoms in total. The maximum absolute atomic E-state index is 16.1. The molecular formula is C70H104O32. The van der Waals surface area contributed by atoms with Crippen molar-refractivity contribution in [1.82, 2.24) is 0 Å². The number of allylic oxidation sites excluding steroid dienone is 1. The number of hydrogen-bond donors (Lipinski definition) is 15. The van der Waals surface area contributed by atoms with Crippen LogP contribution in [0.5, 0.6) is 17.2 Å². The first-order chi connectivity index (χ1) is 48.0.